The molecular weight excluding hydrogens is 488 g/mol. The van der Waals surface area contributed by atoms with Gasteiger partial charge in [0.2, 0.25) is 5.79 Å². The molecule has 0 unspecified atom stereocenters. The molecule has 0 spiro atoms. The van der Waals surface area contributed by atoms with E-state index in [1.54, 1.807) is 0 Å². The third-order valence-electron chi connectivity index (χ3n) is 5.55. The Bertz CT molecular complexity index is 583. The van der Waals surface area contributed by atoms with Crippen LogP contribution in [0.1, 0.15) is 0 Å². The molecule has 2 aliphatic rings. The Balaban J connectivity index is 0.000000434. The summed E-state index contributed by atoms with van der Waals surface area (Å²) in [4.78, 5) is 0. The molecule has 0 amide bonds. The molecule has 0 aromatic rings. The van der Waals surface area contributed by atoms with Crippen LogP contribution >= 0.6 is 0 Å². The van der Waals surface area contributed by atoms with Crippen LogP contribution in [0.3, 0.4) is 0 Å². The monoisotopic (exact) mass is 524 g/mol. The first-order chi connectivity index (χ1) is 16.3. The zero-order valence-electron chi connectivity index (χ0n) is 18.4. The van der Waals surface area contributed by atoms with Crippen LogP contribution in [0.15, 0.2) is 0 Å². The van der Waals surface area contributed by atoms with Gasteiger partial charge in [0.1, 0.15) is 67.1 Å². The van der Waals surface area contributed by atoms with E-state index in [0.717, 1.165) is 0 Å². The molecule has 210 valence electrons. The summed E-state index contributed by atoms with van der Waals surface area (Å²) in [6.07, 6.45) is -18.6. The minimum absolute atomic E-state index is 0.668. The summed E-state index contributed by atoms with van der Waals surface area (Å²) < 4.78 is 15.3. The SMILES string of the molecule is OC[C@@H](O)[C@@H](O)[C@H](O)[C@@H](O)CO.OC[C@H]1O[C@@H](O[C@@H]2[C@@H](CO)O[C@](O)(CO)[C@H]2O)[C@H](O)[C@@H](O)[C@H]1O. The number of hydrogen-bond acceptors (Lipinski definition) is 17. The van der Waals surface area contributed by atoms with Crippen molar-refractivity contribution >= 4 is 0 Å². The summed E-state index contributed by atoms with van der Waals surface area (Å²) in [5.41, 5.74) is 0. The Morgan fingerprint density at radius 2 is 1.20 bits per heavy atom. The second kappa shape index (κ2) is 14.3. The second-order valence-corrected chi connectivity index (χ2v) is 8.07. The highest BCUT2D eigenvalue weighted by molar-refractivity contribution is 4.98. The summed E-state index contributed by atoms with van der Waals surface area (Å²) in [5.74, 6) is -2.37. The zero-order valence-corrected chi connectivity index (χ0v) is 18.4. The normalized spacial score (nSPS) is 41.0. The summed E-state index contributed by atoms with van der Waals surface area (Å²) in [6.45, 7) is -3.77. The highest BCUT2D eigenvalue weighted by Gasteiger charge is 2.56. The Morgan fingerprint density at radius 3 is 1.60 bits per heavy atom. The van der Waals surface area contributed by atoms with Crippen LogP contribution in [0.25, 0.3) is 0 Å². The minimum atomic E-state index is -2.37. The van der Waals surface area contributed by atoms with E-state index >= 15 is 0 Å². The molecule has 2 fully saturated rings. The predicted molar refractivity (Wildman–Crippen MR) is 107 cm³/mol. The fourth-order valence-corrected chi connectivity index (χ4v) is 3.30. The van der Waals surface area contributed by atoms with Crippen LogP contribution in [0.2, 0.25) is 0 Å². The van der Waals surface area contributed by atoms with Gasteiger partial charge >= 0.3 is 0 Å². The van der Waals surface area contributed by atoms with E-state index in [1.165, 1.54) is 0 Å². The summed E-state index contributed by atoms with van der Waals surface area (Å²) in [7, 11) is 0. The molecule has 17 heteroatoms. The van der Waals surface area contributed by atoms with Crippen molar-refractivity contribution < 1.29 is 85.7 Å². The van der Waals surface area contributed by atoms with E-state index in [9.17, 15) is 30.6 Å². The molecule has 0 aliphatic carbocycles. The zero-order chi connectivity index (χ0) is 27.1. The molecule has 0 radical (unpaired) electrons. The molecule has 0 aromatic heterocycles. The average molecular weight is 524 g/mol. The molecule has 35 heavy (non-hydrogen) atoms. The number of ether oxygens (including phenoxy) is 3. The molecule has 13 atom stereocenters. The van der Waals surface area contributed by atoms with Crippen LogP contribution in [-0.4, -0.2) is 184 Å². The van der Waals surface area contributed by atoms with Gasteiger partial charge in [-0.05, 0) is 0 Å². The van der Waals surface area contributed by atoms with Crippen molar-refractivity contribution in [2.45, 2.75) is 79.2 Å². The van der Waals surface area contributed by atoms with Gasteiger partial charge in [-0.25, -0.2) is 0 Å². The van der Waals surface area contributed by atoms with Gasteiger partial charge in [-0.15, -0.1) is 0 Å². The first kappa shape index (κ1) is 32.3. The van der Waals surface area contributed by atoms with Gasteiger partial charge in [0.15, 0.2) is 6.29 Å². The molecule has 2 aliphatic heterocycles. The summed E-state index contributed by atoms with van der Waals surface area (Å²) in [5, 5.41) is 129. The van der Waals surface area contributed by atoms with Crippen molar-refractivity contribution in [3.8, 4) is 0 Å². The van der Waals surface area contributed by atoms with Gasteiger partial charge < -0.3 is 85.7 Å². The Labute approximate surface area is 198 Å². The molecule has 17 nitrogen and oxygen atoms in total. The van der Waals surface area contributed by atoms with E-state index in [-0.39, 0.29) is 0 Å². The van der Waals surface area contributed by atoms with Crippen molar-refractivity contribution in [1.82, 2.24) is 0 Å². The van der Waals surface area contributed by atoms with Crippen molar-refractivity contribution in [2.24, 2.45) is 0 Å². The molecule has 0 aromatic carbocycles. The minimum Gasteiger partial charge on any atom is -0.394 e. The van der Waals surface area contributed by atoms with Gasteiger partial charge in [0, 0.05) is 0 Å². The van der Waals surface area contributed by atoms with Gasteiger partial charge in [-0.3, -0.25) is 0 Å². The van der Waals surface area contributed by atoms with Crippen LogP contribution < -0.4 is 0 Å². The summed E-state index contributed by atoms with van der Waals surface area (Å²) in [6, 6.07) is 0. The number of aliphatic hydroxyl groups excluding tert-OH is 13. The molecule has 0 saturated carbocycles. The standard InChI is InChI=1S/C12H22O11.C6H14O6/c13-1-4-6(16)7(17)8(18)11(21-4)22-9-5(2-14)23-12(20,3-15)10(9)19;7-1-3(9)5(11)6(12)4(10)2-8/h4-11,13-20H,1-3H2;3-12H,1-2H2/t4-,5-,6+,7+,8-,9-,10+,11+,12-;3-,4+,5-,6-/m11/s1. The van der Waals surface area contributed by atoms with Gasteiger partial charge in [0.25, 0.3) is 0 Å². The maximum atomic E-state index is 10.00. The predicted octanol–water partition coefficient (Wildman–Crippen LogP) is -8.98. The third kappa shape index (κ3) is 7.66. The van der Waals surface area contributed by atoms with E-state index in [1.807, 2.05) is 0 Å². The second-order valence-electron chi connectivity index (χ2n) is 8.07. The van der Waals surface area contributed by atoms with E-state index < -0.39 is 112 Å². The molecule has 2 heterocycles. The smallest absolute Gasteiger partial charge is 0.219 e. The Hall–Kier alpha value is -0.680. The Kier molecular flexibility index (Phi) is 13.2. The Morgan fingerprint density at radius 1 is 0.714 bits per heavy atom. The van der Waals surface area contributed by atoms with Crippen LogP contribution in [0, 0.1) is 0 Å². The van der Waals surface area contributed by atoms with Crippen molar-refractivity contribution in [2.75, 3.05) is 33.0 Å². The lowest BCUT2D eigenvalue weighted by Gasteiger charge is -2.41. The topological polar surface area (TPSA) is 311 Å². The van der Waals surface area contributed by atoms with Crippen LogP contribution in [-0.2, 0) is 14.2 Å². The highest BCUT2D eigenvalue weighted by Crippen LogP contribution is 2.33. The van der Waals surface area contributed by atoms with Crippen LogP contribution in [0.4, 0.5) is 0 Å². The first-order valence-corrected chi connectivity index (χ1v) is 10.5. The molecule has 2 saturated heterocycles. The van der Waals surface area contributed by atoms with Gasteiger partial charge in [0.05, 0.1) is 33.0 Å². The maximum Gasteiger partial charge on any atom is 0.219 e. The molecule has 14 N–H and O–H groups in total. The fourth-order valence-electron chi connectivity index (χ4n) is 3.30. The van der Waals surface area contributed by atoms with Crippen molar-refractivity contribution in [3.05, 3.63) is 0 Å². The lowest BCUT2D eigenvalue weighted by atomic mass is 9.99. The van der Waals surface area contributed by atoms with E-state index in [2.05, 4.69) is 0 Å². The first-order valence-electron chi connectivity index (χ1n) is 10.5. The van der Waals surface area contributed by atoms with E-state index in [4.69, 9.17) is 55.1 Å². The van der Waals surface area contributed by atoms with Crippen molar-refractivity contribution in [1.29, 1.82) is 0 Å². The van der Waals surface area contributed by atoms with Gasteiger partial charge in [-0.2, -0.15) is 0 Å². The summed E-state index contributed by atoms with van der Waals surface area (Å²) >= 11 is 0. The molecule has 0 bridgehead atoms. The highest BCUT2D eigenvalue weighted by atomic mass is 16.7. The lowest BCUT2D eigenvalue weighted by Crippen LogP contribution is -2.60. The van der Waals surface area contributed by atoms with E-state index in [0.29, 0.717) is 0 Å². The number of aliphatic hydroxyl groups is 14. The third-order valence-corrected chi connectivity index (χ3v) is 5.55. The van der Waals surface area contributed by atoms with Crippen molar-refractivity contribution in [3.63, 3.8) is 0 Å². The fraction of sp³-hybridized carbons (Fsp3) is 1.00. The average Bonchev–Trinajstić information content (AvgIpc) is 3.12. The number of hydrogen-bond donors (Lipinski definition) is 14. The van der Waals surface area contributed by atoms with Gasteiger partial charge in [-0.1, -0.05) is 0 Å². The quantitative estimate of drug-likeness (QED) is 0.126. The number of rotatable bonds is 10. The van der Waals surface area contributed by atoms with Crippen LogP contribution in [0.5, 0.6) is 0 Å². The maximum absolute atomic E-state index is 10.00. The molecular formula is C18H36O17. The molecule has 2 rings (SSSR count). The lowest BCUT2D eigenvalue weighted by molar-refractivity contribution is -0.318. The largest absolute Gasteiger partial charge is 0.394 e.